The highest BCUT2D eigenvalue weighted by Gasteiger charge is 2.27. The Hall–Kier alpha value is -1.64. The molecule has 2 unspecified atom stereocenters. The van der Waals surface area contributed by atoms with Crippen molar-refractivity contribution in [2.24, 2.45) is 11.8 Å². The van der Waals surface area contributed by atoms with Crippen LogP contribution in [0.25, 0.3) is 0 Å². The van der Waals surface area contributed by atoms with E-state index >= 15 is 0 Å². The highest BCUT2D eigenvalue weighted by molar-refractivity contribution is 5.88. The van der Waals surface area contributed by atoms with E-state index in [0.717, 1.165) is 44.1 Å². The van der Waals surface area contributed by atoms with Crippen molar-refractivity contribution in [1.29, 1.82) is 0 Å². The van der Waals surface area contributed by atoms with Crippen molar-refractivity contribution in [2.75, 3.05) is 0 Å². The second kappa shape index (κ2) is 11.8. The minimum atomic E-state index is -0.871. The monoisotopic (exact) mass is 348 g/mol. The number of aliphatic hydroxyl groups excluding tert-OH is 1. The number of aliphatic carboxylic acids is 1. The van der Waals surface area contributed by atoms with E-state index in [4.69, 9.17) is 5.11 Å². The number of hydrogen-bond donors (Lipinski definition) is 2. The molecule has 0 aromatic heterocycles. The molecule has 0 fully saturated rings. The summed E-state index contributed by atoms with van der Waals surface area (Å²) in [6.07, 6.45) is 11.8. The van der Waals surface area contributed by atoms with Crippen LogP contribution in [-0.4, -0.2) is 28.1 Å². The fourth-order valence-electron chi connectivity index (χ4n) is 3.23. The van der Waals surface area contributed by atoms with Crippen LogP contribution in [0.5, 0.6) is 0 Å². The second-order valence-electron chi connectivity index (χ2n) is 6.98. The molecule has 0 spiro atoms. The molecule has 3 atom stereocenters. The highest BCUT2D eigenvalue weighted by Crippen LogP contribution is 2.31. The lowest BCUT2D eigenvalue weighted by molar-refractivity contribution is -0.136. The Morgan fingerprint density at radius 3 is 2.84 bits per heavy atom. The standard InChI is InChI=1S/C21H32O4/c1-3-4-9-16(2)19(22)14-12-17-13-15-20(23)18(17)10-7-5-6-8-11-21(24)25/h5,8,13,16,18-19,22H,3-4,7,9-12,14-15H2,1-2H3,(H,24,25)/t6?,16?,18-,19?/m1/s1. The van der Waals surface area contributed by atoms with Gasteiger partial charge in [-0.25, -0.2) is 0 Å². The van der Waals surface area contributed by atoms with E-state index in [1.165, 1.54) is 6.08 Å². The number of rotatable bonds is 12. The Kier molecular flexibility index (Phi) is 10.1. The Morgan fingerprint density at radius 2 is 2.16 bits per heavy atom. The van der Waals surface area contributed by atoms with Crippen LogP contribution in [0, 0.1) is 11.8 Å². The quantitative estimate of drug-likeness (QED) is 0.404. The third-order valence-corrected chi connectivity index (χ3v) is 4.91. The van der Waals surface area contributed by atoms with Crippen molar-refractivity contribution in [3.63, 3.8) is 0 Å². The fraction of sp³-hybridized carbons (Fsp3) is 0.667. The molecule has 1 aliphatic rings. The largest absolute Gasteiger partial charge is 0.481 e. The summed E-state index contributed by atoms with van der Waals surface area (Å²) < 4.78 is 0. The normalized spacial score (nSPS) is 19.1. The van der Waals surface area contributed by atoms with Crippen LogP contribution in [0.2, 0.25) is 0 Å². The van der Waals surface area contributed by atoms with Gasteiger partial charge in [0.15, 0.2) is 0 Å². The SMILES string of the molecule is CCCCC(C)C(O)CCC1=CCC(=O)[C@@H]1CCC=C=CCC(=O)O. The smallest absolute Gasteiger partial charge is 0.307 e. The number of Topliss-reactive ketones (excluding diaryl/α,β-unsaturated/α-hetero) is 1. The number of allylic oxidation sites excluding steroid dienone is 2. The van der Waals surface area contributed by atoms with Gasteiger partial charge in [-0.2, -0.15) is 0 Å². The van der Waals surface area contributed by atoms with Crippen LogP contribution in [0.4, 0.5) is 0 Å². The first-order valence-electron chi connectivity index (χ1n) is 9.46. The molecule has 0 saturated heterocycles. The van der Waals surface area contributed by atoms with E-state index in [2.05, 4.69) is 19.6 Å². The maximum absolute atomic E-state index is 12.1. The zero-order valence-corrected chi connectivity index (χ0v) is 15.5. The number of ketones is 1. The predicted molar refractivity (Wildman–Crippen MR) is 99.3 cm³/mol. The maximum Gasteiger partial charge on any atom is 0.307 e. The Labute approximate surface area is 151 Å². The summed E-state index contributed by atoms with van der Waals surface area (Å²) >= 11 is 0. The van der Waals surface area contributed by atoms with Crippen molar-refractivity contribution in [1.82, 2.24) is 0 Å². The molecule has 0 aromatic carbocycles. The summed E-state index contributed by atoms with van der Waals surface area (Å²) in [5.41, 5.74) is 4.02. The summed E-state index contributed by atoms with van der Waals surface area (Å²) in [5.74, 6) is -0.357. The van der Waals surface area contributed by atoms with Gasteiger partial charge in [-0.15, -0.1) is 5.73 Å². The van der Waals surface area contributed by atoms with Crippen molar-refractivity contribution in [3.05, 3.63) is 29.5 Å². The minimum Gasteiger partial charge on any atom is -0.481 e. The van der Waals surface area contributed by atoms with Crippen molar-refractivity contribution in [3.8, 4) is 0 Å². The highest BCUT2D eigenvalue weighted by atomic mass is 16.4. The van der Waals surface area contributed by atoms with Crippen LogP contribution < -0.4 is 0 Å². The third-order valence-electron chi connectivity index (χ3n) is 4.91. The molecule has 140 valence electrons. The summed E-state index contributed by atoms with van der Waals surface area (Å²) in [5, 5.41) is 18.8. The molecule has 1 rings (SSSR count). The fourth-order valence-corrected chi connectivity index (χ4v) is 3.23. The molecule has 0 radical (unpaired) electrons. The summed E-state index contributed by atoms with van der Waals surface area (Å²) in [6.45, 7) is 4.25. The van der Waals surface area contributed by atoms with Crippen LogP contribution in [0.15, 0.2) is 29.5 Å². The van der Waals surface area contributed by atoms with Gasteiger partial charge in [0.2, 0.25) is 0 Å². The van der Waals surface area contributed by atoms with E-state index < -0.39 is 5.97 Å². The Balaban J connectivity index is 2.41. The number of unbranched alkanes of at least 4 members (excludes halogenated alkanes) is 1. The molecule has 4 heteroatoms. The molecule has 4 nitrogen and oxygen atoms in total. The van der Waals surface area contributed by atoms with Gasteiger partial charge in [-0.05, 0) is 50.2 Å². The molecule has 25 heavy (non-hydrogen) atoms. The van der Waals surface area contributed by atoms with Crippen LogP contribution in [0.3, 0.4) is 0 Å². The van der Waals surface area contributed by atoms with Gasteiger partial charge in [0.1, 0.15) is 5.78 Å². The van der Waals surface area contributed by atoms with Crippen molar-refractivity contribution >= 4 is 11.8 Å². The van der Waals surface area contributed by atoms with Gasteiger partial charge < -0.3 is 10.2 Å². The van der Waals surface area contributed by atoms with Crippen LogP contribution in [0.1, 0.15) is 71.6 Å². The minimum absolute atomic E-state index is 0.0296. The van der Waals surface area contributed by atoms with E-state index in [1.807, 2.05) is 6.08 Å². The lowest BCUT2D eigenvalue weighted by Crippen LogP contribution is -2.19. The first-order chi connectivity index (χ1) is 12.0. The molecule has 0 heterocycles. The molecule has 0 aromatic rings. The van der Waals surface area contributed by atoms with Gasteiger partial charge in [0.25, 0.3) is 0 Å². The van der Waals surface area contributed by atoms with E-state index in [9.17, 15) is 14.7 Å². The average Bonchev–Trinajstić information content (AvgIpc) is 2.93. The van der Waals surface area contributed by atoms with E-state index in [0.29, 0.717) is 18.8 Å². The maximum atomic E-state index is 12.1. The molecule has 0 saturated carbocycles. The lowest BCUT2D eigenvalue weighted by Gasteiger charge is -2.20. The zero-order valence-electron chi connectivity index (χ0n) is 15.5. The van der Waals surface area contributed by atoms with Crippen LogP contribution in [-0.2, 0) is 9.59 Å². The van der Waals surface area contributed by atoms with E-state index in [1.54, 1.807) is 6.08 Å². The molecule has 1 aliphatic carbocycles. The van der Waals surface area contributed by atoms with Gasteiger partial charge in [0, 0.05) is 12.3 Å². The zero-order chi connectivity index (χ0) is 18.7. The van der Waals surface area contributed by atoms with Gasteiger partial charge >= 0.3 is 5.97 Å². The predicted octanol–water partition coefficient (Wildman–Crippen LogP) is 4.44. The molecular formula is C21H32O4. The molecule has 2 N–H and O–H groups in total. The van der Waals surface area contributed by atoms with Crippen molar-refractivity contribution < 1.29 is 19.8 Å². The third kappa shape index (κ3) is 8.33. The van der Waals surface area contributed by atoms with Gasteiger partial charge in [-0.1, -0.05) is 38.3 Å². The number of carboxylic acids is 1. The first-order valence-corrected chi connectivity index (χ1v) is 9.46. The summed E-state index contributed by atoms with van der Waals surface area (Å²) in [6, 6.07) is 0. The first kappa shape index (κ1) is 21.4. The summed E-state index contributed by atoms with van der Waals surface area (Å²) in [7, 11) is 0. The topological polar surface area (TPSA) is 74.6 Å². The van der Waals surface area contributed by atoms with E-state index in [-0.39, 0.29) is 24.2 Å². The molecule has 0 aliphatic heterocycles. The van der Waals surface area contributed by atoms with Crippen LogP contribution >= 0.6 is 0 Å². The number of carboxylic acid groups (broad SMARTS) is 1. The number of aliphatic hydroxyl groups is 1. The van der Waals surface area contributed by atoms with Gasteiger partial charge in [0.05, 0.1) is 12.5 Å². The second-order valence-corrected chi connectivity index (χ2v) is 6.98. The molecule has 0 amide bonds. The Morgan fingerprint density at radius 1 is 1.40 bits per heavy atom. The van der Waals surface area contributed by atoms with Crippen molar-refractivity contribution in [2.45, 2.75) is 77.7 Å². The lowest BCUT2D eigenvalue weighted by atomic mass is 9.88. The Bertz CT molecular complexity index is 526. The number of carbonyl (C=O) groups excluding carboxylic acids is 1. The number of carbonyl (C=O) groups is 2. The van der Waals surface area contributed by atoms with Gasteiger partial charge in [-0.3, -0.25) is 9.59 Å². The summed E-state index contributed by atoms with van der Waals surface area (Å²) in [4.78, 5) is 22.5. The number of hydrogen-bond acceptors (Lipinski definition) is 3. The molecule has 0 bridgehead atoms. The average molecular weight is 348 g/mol. The molecular weight excluding hydrogens is 316 g/mol.